The van der Waals surface area contributed by atoms with E-state index in [0.717, 1.165) is 63.9 Å². The summed E-state index contributed by atoms with van der Waals surface area (Å²) in [7, 11) is 0. The van der Waals surface area contributed by atoms with E-state index in [1.165, 1.54) is 218 Å². The highest BCUT2D eigenvalue weighted by atomic mass is 32.1. The molecule has 0 aliphatic rings. The second kappa shape index (κ2) is 34.9. The first-order chi connectivity index (χ1) is 52.7. The summed E-state index contributed by atoms with van der Waals surface area (Å²) in [5.41, 5.74) is 13.7. The van der Waals surface area contributed by atoms with Crippen LogP contribution in [0.5, 0.6) is 0 Å². The van der Waals surface area contributed by atoms with Gasteiger partial charge in [0, 0.05) is 98.9 Å². The van der Waals surface area contributed by atoms with Crippen LogP contribution in [-0.4, -0.2) is 5.78 Å². The number of hydrogen-bond donors (Lipinski definition) is 0. The predicted molar refractivity (Wildman–Crippen MR) is 490 cm³/mol. The van der Waals surface area contributed by atoms with Crippen molar-refractivity contribution in [1.29, 1.82) is 0 Å². The van der Waals surface area contributed by atoms with Crippen LogP contribution in [0.25, 0.3) is 131 Å². The van der Waals surface area contributed by atoms with E-state index in [2.05, 4.69) is 260 Å². The second-order valence-corrected chi connectivity index (χ2v) is 40.8. The minimum Gasteiger partial charge on any atom is -0.289 e. The van der Waals surface area contributed by atoms with Gasteiger partial charge in [0.25, 0.3) is 0 Å². The maximum atomic E-state index is 15.7. The van der Waals surface area contributed by atoms with Crippen LogP contribution >= 0.6 is 113 Å². The van der Waals surface area contributed by atoms with Crippen molar-refractivity contribution >= 4 is 151 Å². The van der Waals surface area contributed by atoms with Gasteiger partial charge in [0.2, 0.25) is 0 Å². The van der Waals surface area contributed by atoms with E-state index in [-0.39, 0.29) is 11.2 Å². The molecule has 10 aromatic heterocycles. The number of carbonyl (C=O) groups is 1. The van der Waals surface area contributed by atoms with E-state index in [4.69, 9.17) is 0 Å². The van der Waals surface area contributed by atoms with Crippen molar-refractivity contribution in [2.24, 2.45) is 0 Å². The van der Waals surface area contributed by atoms with E-state index in [0.29, 0.717) is 5.56 Å². The van der Waals surface area contributed by atoms with Crippen molar-refractivity contribution < 1.29 is 4.79 Å². The van der Waals surface area contributed by atoms with Gasteiger partial charge < -0.3 is 0 Å². The van der Waals surface area contributed by atoms with E-state index in [9.17, 15) is 0 Å². The van der Waals surface area contributed by atoms with Crippen molar-refractivity contribution in [3.05, 3.63) is 237 Å². The van der Waals surface area contributed by atoms with Crippen molar-refractivity contribution in [2.45, 2.75) is 196 Å². The number of unbranched alkanes of at least 4 members (excludes halogenated alkanes) is 12. The Hall–Kier alpha value is -6.71. The number of thiophene rings is 10. The Kier molecular flexibility index (Phi) is 24.8. The topological polar surface area (TPSA) is 17.1 Å². The monoisotopic (exact) mass is 1600 g/mol. The molecule has 0 aliphatic carbocycles. The molecule has 0 amide bonds. The highest BCUT2D eigenvalue weighted by Gasteiger charge is 2.28. The van der Waals surface area contributed by atoms with Gasteiger partial charge >= 0.3 is 0 Å². The van der Waals surface area contributed by atoms with Crippen LogP contribution in [0, 0.1) is 13.8 Å². The summed E-state index contributed by atoms with van der Waals surface area (Å²) < 4.78 is 0. The van der Waals surface area contributed by atoms with Gasteiger partial charge in [-0.05, 0) is 273 Å². The fourth-order valence-corrected chi connectivity index (χ4v) is 26.8. The molecule has 15 rings (SSSR count). The minimum atomic E-state index is -0.142. The fourth-order valence-electron chi connectivity index (χ4n) is 15.6. The molecule has 552 valence electrons. The smallest absolute Gasteiger partial charge is 0.193 e. The van der Waals surface area contributed by atoms with Gasteiger partial charge in [0.05, 0.1) is 0 Å². The van der Waals surface area contributed by atoms with E-state index in [1.807, 2.05) is 103 Å². The van der Waals surface area contributed by atoms with Crippen molar-refractivity contribution in [2.75, 3.05) is 0 Å². The van der Waals surface area contributed by atoms with Crippen LogP contribution in [0.2, 0.25) is 0 Å². The van der Waals surface area contributed by atoms with Crippen LogP contribution in [0.3, 0.4) is 0 Å². The molecule has 11 heteroatoms. The highest BCUT2D eigenvalue weighted by Crippen LogP contribution is 2.54. The van der Waals surface area contributed by atoms with Gasteiger partial charge in [-0.3, -0.25) is 4.79 Å². The average molecular weight is 1600 g/mol. The number of hydrogen-bond acceptors (Lipinski definition) is 11. The number of benzene rings is 4. The Labute approximate surface area is 681 Å². The van der Waals surface area contributed by atoms with Gasteiger partial charge in [-0.2, -0.15) is 0 Å². The SMILES string of the molecule is CCCCCCc1c(-c2ccc(-c3cccs3)s2)sc(-c2ccc(-c3ccc(-c4cc5cc(C(C)(C)C)cc(c(-c6ccc(-c7ccc(-c8sc(-c9ccc(-c%10cccs%10)s9)c(CCCCCC)c8CCCCCC)s7)s6)cc6cc(C(=O)c7cccc8ccccc78)cc4c6C)c5C)s3)s2)c1CCCCCC. The highest BCUT2D eigenvalue weighted by molar-refractivity contribution is 7.31. The molecule has 0 atom stereocenters. The zero-order valence-corrected chi connectivity index (χ0v) is 72.2. The summed E-state index contributed by atoms with van der Waals surface area (Å²) in [6, 6.07) is 66.5. The molecule has 0 spiro atoms. The summed E-state index contributed by atoms with van der Waals surface area (Å²) in [6.07, 6.45) is 24.6. The number of aryl methyl sites for hydroxylation is 2. The lowest BCUT2D eigenvalue weighted by molar-refractivity contribution is 0.104. The molecular weight excluding hydrogens is 1500 g/mol. The lowest BCUT2D eigenvalue weighted by Crippen LogP contribution is -2.11. The third kappa shape index (κ3) is 16.6. The maximum absolute atomic E-state index is 15.7. The quantitative estimate of drug-likeness (QED) is 0.0303. The molecule has 0 saturated carbocycles. The summed E-state index contributed by atoms with van der Waals surface area (Å²) in [6.45, 7) is 21.0. The predicted octanol–water partition coefficient (Wildman–Crippen LogP) is 34.6. The molecule has 0 aliphatic heterocycles. The molecule has 0 unspecified atom stereocenters. The number of rotatable bonds is 32. The summed E-state index contributed by atoms with van der Waals surface area (Å²) in [5, 5.41) is 11.0. The zero-order chi connectivity index (χ0) is 74.4. The van der Waals surface area contributed by atoms with E-state index in [1.54, 1.807) is 22.3 Å². The third-order valence-corrected chi connectivity index (χ3v) is 34.0. The summed E-state index contributed by atoms with van der Waals surface area (Å²) >= 11 is 19.5. The number of fused-ring (bicyclic) bond motifs is 5. The Morgan fingerprint density at radius 1 is 0.306 bits per heavy atom. The Morgan fingerprint density at radius 2 is 0.667 bits per heavy atom. The van der Waals surface area contributed by atoms with Gasteiger partial charge in [0.1, 0.15) is 0 Å². The first-order valence-corrected chi connectivity index (χ1v) is 47.8. The molecule has 5 aromatic carbocycles. The van der Waals surface area contributed by atoms with Crippen molar-refractivity contribution in [3.8, 4) is 98.9 Å². The first kappa shape index (κ1) is 76.6. The molecule has 0 radical (unpaired) electrons. The van der Waals surface area contributed by atoms with Crippen LogP contribution in [0.1, 0.15) is 206 Å². The molecule has 108 heavy (non-hydrogen) atoms. The zero-order valence-electron chi connectivity index (χ0n) is 64.0. The number of ketones is 1. The summed E-state index contributed by atoms with van der Waals surface area (Å²) in [5.74, 6) is 0.0343. The van der Waals surface area contributed by atoms with Gasteiger partial charge in [-0.25, -0.2) is 0 Å². The summed E-state index contributed by atoms with van der Waals surface area (Å²) in [4.78, 5) is 40.2. The average Bonchev–Trinajstić information content (AvgIpc) is 1.10. The Balaban J connectivity index is 0.855. The normalized spacial score (nSPS) is 12.0. The lowest BCUT2D eigenvalue weighted by Gasteiger charge is -2.21. The third-order valence-electron chi connectivity index (χ3n) is 21.7. The largest absolute Gasteiger partial charge is 0.289 e. The molecule has 0 saturated heterocycles. The van der Waals surface area contributed by atoms with E-state index >= 15 is 4.79 Å². The molecule has 4 bridgehead atoms. The molecule has 1 nitrogen and oxygen atoms in total. The Bertz CT molecular complexity index is 5620. The van der Waals surface area contributed by atoms with Crippen LogP contribution < -0.4 is 0 Å². The first-order valence-electron chi connectivity index (χ1n) is 39.5. The van der Waals surface area contributed by atoms with Gasteiger partial charge in [0.15, 0.2) is 5.78 Å². The minimum absolute atomic E-state index is 0.0343. The van der Waals surface area contributed by atoms with E-state index < -0.39 is 0 Å². The lowest BCUT2D eigenvalue weighted by atomic mass is 9.83. The maximum Gasteiger partial charge on any atom is 0.193 e. The van der Waals surface area contributed by atoms with Gasteiger partial charge in [-0.15, -0.1) is 113 Å². The molecule has 0 N–H and O–H groups in total. The van der Waals surface area contributed by atoms with Gasteiger partial charge in [-0.1, -0.05) is 192 Å². The Morgan fingerprint density at radius 3 is 1.06 bits per heavy atom. The van der Waals surface area contributed by atoms with Crippen molar-refractivity contribution in [3.63, 3.8) is 0 Å². The molecule has 0 fully saturated rings. The molecule has 10 heterocycles. The fraction of sp³-hybridized carbons (Fsp3) is 0.309. The second-order valence-electron chi connectivity index (χ2n) is 30.3. The molecule has 15 aromatic rings. The standard InChI is InChI=1S/C97H98OS10/c1-10-14-18-22-34-70-72(36-24-20-16-12-3)95(107-93(70)88-49-45-82(103-88)80-39-29-53-99-80)90-51-47-86(105-90)84-43-41-78(101-84)76-58-65-56-67(97(7,8)9)60-75(62(65)6)77(57-64-55-66(59-74(76)61(64)5)92(98)69-38-28-32-63-31-26-27-33-68(63)69)79-42-44-85(102-79)87-48-52-91(106-87)96-73(37-25-21-17-13-4)71(35-23-19-15-11-2)94(108-96)89-50-46-83(104-89)81-40-30-54-100-81/h26-33,38-60H,10-25,34-37H2,1-9H3. The number of carbonyl (C=O) groups excluding carboxylic acids is 1. The van der Waals surface area contributed by atoms with Crippen molar-refractivity contribution in [1.82, 2.24) is 0 Å². The van der Waals surface area contributed by atoms with Crippen LogP contribution in [0.4, 0.5) is 0 Å². The molecular formula is C97H98OS10. The van der Waals surface area contributed by atoms with Crippen LogP contribution in [-0.2, 0) is 31.1 Å². The van der Waals surface area contributed by atoms with Crippen LogP contribution in [0.15, 0.2) is 187 Å².